The molecule has 0 atom stereocenters. The van der Waals surface area contributed by atoms with Crippen molar-refractivity contribution >= 4 is 11.8 Å². The molecular weight excluding hydrogens is 346 g/mol. The van der Waals surface area contributed by atoms with Gasteiger partial charge in [-0.2, -0.15) is 11.8 Å². The lowest BCUT2D eigenvalue weighted by atomic mass is 9.79. The summed E-state index contributed by atoms with van der Waals surface area (Å²) in [4.78, 5) is 13.5. The van der Waals surface area contributed by atoms with Crippen LogP contribution in [0.25, 0.3) is 0 Å². The van der Waals surface area contributed by atoms with Crippen LogP contribution in [0.5, 0.6) is 5.75 Å². The fourth-order valence-electron chi connectivity index (χ4n) is 2.77. The molecule has 0 aliphatic rings. The predicted octanol–water partition coefficient (Wildman–Crippen LogP) is 5.27. The number of rotatable bonds is 7. The Labute approximate surface area is 160 Å². The van der Waals surface area contributed by atoms with Crippen molar-refractivity contribution in [3.8, 4) is 5.75 Å². The molecule has 0 fully saturated rings. The first-order chi connectivity index (χ1) is 12.1. The largest absolute Gasteiger partial charge is 0.493 e. The van der Waals surface area contributed by atoms with E-state index in [2.05, 4.69) is 64.7 Å². The summed E-state index contributed by atoms with van der Waals surface area (Å²) in [5.41, 5.74) is 2.59. The Morgan fingerprint density at radius 3 is 2.19 bits per heavy atom. The SMILES string of the molecule is CC(C)(C)c1cccc(C(C)(C)C)c1OCCCSCc1c[nH]c(=O)o1. The minimum absolute atomic E-state index is 0.0389. The van der Waals surface area contributed by atoms with E-state index < -0.39 is 5.76 Å². The maximum absolute atomic E-state index is 11.0. The predicted molar refractivity (Wildman–Crippen MR) is 109 cm³/mol. The number of ether oxygens (including phenoxy) is 1. The second-order valence-electron chi connectivity index (χ2n) is 8.58. The van der Waals surface area contributed by atoms with E-state index in [1.54, 1.807) is 18.0 Å². The molecular formula is C21H31NO3S. The Morgan fingerprint density at radius 1 is 1.08 bits per heavy atom. The van der Waals surface area contributed by atoms with Gasteiger partial charge >= 0.3 is 5.76 Å². The molecule has 4 nitrogen and oxygen atoms in total. The first kappa shape index (κ1) is 20.7. The minimum atomic E-state index is -0.391. The summed E-state index contributed by atoms with van der Waals surface area (Å²) in [6, 6.07) is 6.48. The van der Waals surface area contributed by atoms with Crippen LogP contribution in [0, 0.1) is 0 Å². The lowest BCUT2D eigenvalue weighted by Crippen LogP contribution is -2.20. The van der Waals surface area contributed by atoms with Gasteiger partial charge in [0.2, 0.25) is 0 Å². The molecule has 1 aromatic carbocycles. The zero-order chi connectivity index (χ0) is 19.4. The first-order valence-electron chi connectivity index (χ1n) is 9.11. The van der Waals surface area contributed by atoms with E-state index in [9.17, 15) is 4.79 Å². The summed E-state index contributed by atoms with van der Waals surface area (Å²) in [5.74, 6) is 2.99. The highest BCUT2D eigenvalue weighted by Gasteiger charge is 2.26. The number of aromatic amines is 1. The molecule has 0 unspecified atom stereocenters. The summed E-state index contributed by atoms with van der Waals surface area (Å²) in [7, 11) is 0. The van der Waals surface area contributed by atoms with Gasteiger partial charge in [-0.15, -0.1) is 0 Å². The molecule has 0 aliphatic carbocycles. The summed E-state index contributed by atoms with van der Waals surface area (Å²) in [6.45, 7) is 14.0. The highest BCUT2D eigenvalue weighted by Crippen LogP contribution is 2.39. The lowest BCUT2D eigenvalue weighted by Gasteiger charge is -2.29. The van der Waals surface area contributed by atoms with Crippen molar-refractivity contribution in [2.45, 2.75) is 64.5 Å². The summed E-state index contributed by atoms with van der Waals surface area (Å²) < 4.78 is 11.3. The number of H-pyrrole nitrogens is 1. The zero-order valence-electron chi connectivity index (χ0n) is 16.8. The number of thioether (sulfide) groups is 1. The van der Waals surface area contributed by atoms with Crippen LogP contribution in [0.2, 0.25) is 0 Å². The summed E-state index contributed by atoms with van der Waals surface area (Å²) in [6.07, 6.45) is 2.57. The molecule has 0 bridgehead atoms. The molecule has 26 heavy (non-hydrogen) atoms. The third-order valence-electron chi connectivity index (χ3n) is 4.13. The average Bonchev–Trinajstić information content (AvgIpc) is 2.94. The van der Waals surface area contributed by atoms with Gasteiger partial charge < -0.3 is 9.15 Å². The van der Waals surface area contributed by atoms with Gasteiger partial charge in [0.1, 0.15) is 11.5 Å². The first-order valence-corrected chi connectivity index (χ1v) is 10.3. The molecule has 2 aromatic rings. The second-order valence-corrected chi connectivity index (χ2v) is 9.69. The number of benzene rings is 1. The van der Waals surface area contributed by atoms with Gasteiger partial charge in [0.25, 0.3) is 0 Å². The van der Waals surface area contributed by atoms with Crippen molar-refractivity contribution in [3.05, 3.63) is 51.8 Å². The van der Waals surface area contributed by atoms with Gasteiger partial charge in [-0.05, 0) is 34.1 Å². The molecule has 0 saturated heterocycles. The van der Waals surface area contributed by atoms with Crippen molar-refractivity contribution in [2.75, 3.05) is 12.4 Å². The van der Waals surface area contributed by atoms with E-state index >= 15 is 0 Å². The van der Waals surface area contributed by atoms with E-state index in [4.69, 9.17) is 9.15 Å². The van der Waals surface area contributed by atoms with Gasteiger partial charge in [0.05, 0.1) is 12.4 Å². The fourth-order valence-corrected chi connectivity index (χ4v) is 3.58. The van der Waals surface area contributed by atoms with E-state index in [-0.39, 0.29) is 10.8 Å². The molecule has 0 aliphatic heterocycles. The number of hydrogen-bond donors (Lipinski definition) is 1. The molecule has 0 spiro atoms. The lowest BCUT2D eigenvalue weighted by molar-refractivity contribution is 0.301. The Balaban J connectivity index is 1.96. The maximum Gasteiger partial charge on any atom is 0.416 e. The third kappa shape index (κ3) is 5.70. The molecule has 0 amide bonds. The number of hydrogen-bond acceptors (Lipinski definition) is 4. The maximum atomic E-state index is 11.0. The van der Waals surface area contributed by atoms with E-state index in [0.717, 1.165) is 17.9 Å². The van der Waals surface area contributed by atoms with E-state index in [1.165, 1.54) is 11.1 Å². The normalized spacial score (nSPS) is 12.4. The van der Waals surface area contributed by atoms with Gasteiger partial charge in [-0.1, -0.05) is 59.7 Å². The number of para-hydroxylation sites is 1. The Kier molecular flexibility index (Phi) is 6.67. The van der Waals surface area contributed by atoms with Crippen LogP contribution in [-0.2, 0) is 16.6 Å². The van der Waals surface area contributed by atoms with Crippen LogP contribution in [0.3, 0.4) is 0 Å². The molecule has 0 saturated carbocycles. The topological polar surface area (TPSA) is 55.2 Å². The van der Waals surface area contributed by atoms with Crippen molar-refractivity contribution in [1.29, 1.82) is 0 Å². The monoisotopic (exact) mass is 377 g/mol. The van der Waals surface area contributed by atoms with Crippen LogP contribution < -0.4 is 10.5 Å². The van der Waals surface area contributed by atoms with Gasteiger partial charge in [0.15, 0.2) is 0 Å². The van der Waals surface area contributed by atoms with Gasteiger partial charge in [-0.3, -0.25) is 4.98 Å². The minimum Gasteiger partial charge on any atom is -0.493 e. The molecule has 5 heteroatoms. The van der Waals surface area contributed by atoms with Crippen LogP contribution in [0.1, 0.15) is 64.9 Å². The number of nitrogens with one attached hydrogen (secondary N) is 1. The number of aromatic nitrogens is 1. The average molecular weight is 378 g/mol. The van der Waals surface area contributed by atoms with E-state index in [1.807, 2.05) is 0 Å². The molecule has 1 N–H and O–H groups in total. The zero-order valence-corrected chi connectivity index (χ0v) is 17.6. The molecule has 144 valence electrons. The van der Waals surface area contributed by atoms with Crippen LogP contribution >= 0.6 is 11.8 Å². The Hall–Kier alpha value is -1.62. The van der Waals surface area contributed by atoms with Gasteiger partial charge in [-0.25, -0.2) is 4.79 Å². The van der Waals surface area contributed by atoms with Gasteiger partial charge in [0, 0.05) is 6.20 Å². The van der Waals surface area contributed by atoms with Crippen molar-refractivity contribution in [2.24, 2.45) is 0 Å². The van der Waals surface area contributed by atoms with Crippen LogP contribution in [0.15, 0.2) is 33.6 Å². The Bertz CT molecular complexity index is 730. The van der Waals surface area contributed by atoms with Crippen molar-refractivity contribution in [3.63, 3.8) is 0 Å². The van der Waals surface area contributed by atoms with Crippen molar-refractivity contribution in [1.82, 2.24) is 4.98 Å². The molecule has 2 rings (SSSR count). The smallest absolute Gasteiger partial charge is 0.416 e. The molecule has 1 heterocycles. The summed E-state index contributed by atoms with van der Waals surface area (Å²) in [5, 5.41) is 0. The second kappa shape index (κ2) is 8.38. The van der Waals surface area contributed by atoms with Crippen molar-refractivity contribution < 1.29 is 9.15 Å². The standard InChI is InChI=1S/C21H31NO3S/c1-20(2,3)16-9-7-10-17(21(4,5)6)18(16)24-11-8-12-26-14-15-13-22-19(23)25-15/h7,9-10,13H,8,11-12,14H2,1-6H3,(H,22,23). The quantitative estimate of drug-likeness (QED) is 0.668. The molecule has 1 aromatic heterocycles. The molecule has 0 radical (unpaired) electrons. The fraction of sp³-hybridized carbons (Fsp3) is 0.571. The third-order valence-corrected chi connectivity index (χ3v) is 5.20. The highest BCUT2D eigenvalue weighted by molar-refractivity contribution is 7.98. The summed E-state index contributed by atoms with van der Waals surface area (Å²) >= 11 is 1.74. The van der Waals surface area contributed by atoms with E-state index in [0.29, 0.717) is 18.1 Å². The van der Waals surface area contributed by atoms with Crippen LogP contribution in [-0.4, -0.2) is 17.3 Å². The Morgan fingerprint density at radius 2 is 1.69 bits per heavy atom. The highest BCUT2D eigenvalue weighted by atomic mass is 32.2. The van der Waals surface area contributed by atoms with Crippen LogP contribution in [0.4, 0.5) is 0 Å². The number of oxazole rings is 1.